The average molecular weight is 300 g/mol. The molecule has 0 unspecified atom stereocenters. The van der Waals surface area contributed by atoms with Gasteiger partial charge >= 0.3 is 11.8 Å². The fraction of sp³-hybridized carbons (Fsp3) is 0.385. The zero-order valence-corrected chi connectivity index (χ0v) is 11.5. The predicted molar refractivity (Wildman–Crippen MR) is 74.1 cm³/mol. The van der Waals surface area contributed by atoms with E-state index in [4.69, 9.17) is 11.6 Å². The molecule has 20 heavy (non-hydrogen) atoms. The van der Waals surface area contributed by atoms with E-state index in [2.05, 4.69) is 10.6 Å². The Balaban J connectivity index is 1.99. The number of anilines is 1. The molecule has 0 aromatic heterocycles. The van der Waals surface area contributed by atoms with E-state index in [0.29, 0.717) is 19.6 Å². The summed E-state index contributed by atoms with van der Waals surface area (Å²) in [5, 5.41) is 5.49. The highest BCUT2D eigenvalue weighted by Crippen LogP contribution is 2.18. The van der Waals surface area contributed by atoms with Crippen molar-refractivity contribution < 1.29 is 14.0 Å². The van der Waals surface area contributed by atoms with Crippen molar-refractivity contribution in [3.05, 3.63) is 29.0 Å². The molecule has 1 heterocycles. The Morgan fingerprint density at radius 1 is 1.30 bits per heavy atom. The van der Waals surface area contributed by atoms with Crippen LogP contribution in [0.1, 0.15) is 6.42 Å². The highest BCUT2D eigenvalue weighted by atomic mass is 35.5. The number of hydrogen-bond donors (Lipinski definition) is 2. The number of benzene rings is 1. The number of hydrogen-bond acceptors (Lipinski definition) is 3. The van der Waals surface area contributed by atoms with Crippen molar-refractivity contribution in [1.29, 1.82) is 0 Å². The maximum atomic E-state index is 13.3. The van der Waals surface area contributed by atoms with E-state index >= 15 is 0 Å². The molecule has 0 saturated carbocycles. The lowest BCUT2D eigenvalue weighted by Gasteiger charge is -2.19. The predicted octanol–water partition coefficient (Wildman–Crippen LogP) is 1.24. The molecule has 1 aromatic rings. The first-order chi connectivity index (χ1) is 9.58. The average Bonchev–Trinajstić information content (AvgIpc) is 2.71. The number of halogens is 2. The van der Waals surface area contributed by atoms with E-state index in [0.717, 1.165) is 19.0 Å². The summed E-state index contributed by atoms with van der Waals surface area (Å²) >= 11 is 5.55. The highest BCUT2D eigenvalue weighted by molar-refractivity contribution is 6.39. The number of carbonyl (C=O) groups excluding carboxylic acids is 2. The number of amides is 2. The molecule has 108 valence electrons. The fourth-order valence-corrected chi connectivity index (χ4v) is 2.07. The zero-order valence-electron chi connectivity index (χ0n) is 10.8. The van der Waals surface area contributed by atoms with E-state index in [1.165, 1.54) is 17.0 Å². The maximum absolute atomic E-state index is 13.3. The van der Waals surface area contributed by atoms with Crippen LogP contribution >= 0.6 is 11.6 Å². The van der Waals surface area contributed by atoms with E-state index in [9.17, 15) is 14.0 Å². The Morgan fingerprint density at radius 2 is 2.10 bits per heavy atom. The molecule has 0 atom stereocenters. The molecule has 1 saturated heterocycles. The maximum Gasteiger partial charge on any atom is 0.313 e. The fourth-order valence-electron chi connectivity index (χ4n) is 1.95. The molecular formula is C13H15ClFN3O2. The van der Waals surface area contributed by atoms with Crippen LogP contribution in [0.3, 0.4) is 0 Å². The largest absolute Gasteiger partial charge is 0.333 e. The first-order valence-corrected chi connectivity index (χ1v) is 6.72. The first-order valence-electron chi connectivity index (χ1n) is 6.34. The van der Waals surface area contributed by atoms with Gasteiger partial charge in [-0.05, 0) is 31.2 Å². The highest BCUT2D eigenvalue weighted by Gasteiger charge is 2.22. The summed E-state index contributed by atoms with van der Waals surface area (Å²) in [4.78, 5) is 25.3. The lowest BCUT2D eigenvalue weighted by Crippen LogP contribution is -2.41. The monoisotopic (exact) mass is 299 g/mol. The topological polar surface area (TPSA) is 61.4 Å². The van der Waals surface area contributed by atoms with Crippen LogP contribution in [0.5, 0.6) is 0 Å². The van der Waals surface area contributed by atoms with Crippen LogP contribution in [0.4, 0.5) is 10.1 Å². The minimum Gasteiger partial charge on any atom is -0.333 e. The van der Waals surface area contributed by atoms with Gasteiger partial charge < -0.3 is 15.5 Å². The van der Waals surface area contributed by atoms with Gasteiger partial charge in [-0.25, -0.2) is 4.39 Å². The van der Waals surface area contributed by atoms with Crippen LogP contribution in [0, 0.1) is 5.82 Å². The van der Waals surface area contributed by atoms with Gasteiger partial charge in [-0.2, -0.15) is 0 Å². The molecule has 2 N–H and O–H groups in total. The third kappa shape index (κ3) is 3.68. The van der Waals surface area contributed by atoms with Crippen molar-refractivity contribution in [2.45, 2.75) is 6.42 Å². The van der Waals surface area contributed by atoms with E-state index in [1.807, 2.05) is 0 Å². The minimum absolute atomic E-state index is 0.0343. The summed E-state index contributed by atoms with van der Waals surface area (Å²) in [5.74, 6) is -2.02. The van der Waals surface area contributed by atoms with Gasteiger partial charge in [0.25, 0.3) is 0 Å². The first kappa shape index (κ1) is 14.7. The van der Waals surface area contributed by atoms with Gasteiger partial charge in [-0.15, -0.1) is 0 Å². The van der Waals surface area contributed by atoms with Crippen LogP contribution in [0.25, 0.3) is 0 Å². The molecule has 2 rings (SSSR count). The van der Waals surface area contributed by atoms with Crippen LogP contribution in [-0.2, 0) is 9.59 Å². The van der Waals surface area contributed by atoms with Gasteiger partial charge in [0.05, 0.1) is 5.02 Å². The Bertz CT molecular complexity index is 516. The van der Waals surface area contributed by atoms with Crippen molar-refractivity contribution in [1.82, 2.24) is 10.2 Å². The molecule has 0 radical (unpaired) electrons. The summed E-state index contributed by atoms with van der Waals surface area (Å²) in [6.07, 6.45) is 0.800. The van der Waals surface area contributed by atoms with Crippen LogP contribution in [-0.4, -0.2) is 42.9 Å². The van der Waals surface area contributed by atoms with Crippen molar-refractivity contribution in [3.8, 4) is 0 Å². The number of nitrogens with one attached hydrogen (secondary N) is 2. The van der Waals surface area contributed by atoms with Crippen molar-refractivity contribution in [2.24, 2.45) is 0 Å². The van der Waals surface area contributed by atoms with Crippen molar-refractivity contribution in [2.75, 3.05) is 31.5 Å². The summed E-state index contributed by atoms with van der Waals surface area (Å²) < 4.78 is 13.3. The quantitative estimate of drug-likeness (QED) is 0.767. The third-order valence-electron chi connectivity index (χ3n) is 3.00. The smallest absolute Gasteiger partial charge is 0.313 e. The molecule has 0 aliphatic carbocycles. The zero-order chi connectivity index (χ0) is 14.5. The standard InChI is InChI=1S/C13H15ClFN3O2/c14-10-3-2-9(8-11(10)15)17-12(19)13(20)18-6-1-4-16-5-7-18/h2-3,8,16H,1,4-7H2,(H,17,19). The van der Waals surface area contributed by atoms with Crippen LogP contribution in [0.2, 0.25) is 5.02 Å². The van der Waals surface area contributed by atoms with E-state index in [1.54, 1.807) is 0 Å². The summed E-state index contributed by atoms with van der Waals surface area (Å²) in [7, 11) is 0. The second-order valence-electron chi connectivity index (χ2n) is 4.48. The van der Waals surface area contributed by atoms with Crippen LogP contribution in [0.15, 0.2) is 18.2 Å². The molecule has 1 fully saturated rings. The molecule has 2 amide bonds. The van der Waals surface area contributed by atoms with Gasteiger partial charge in [0, 0.05) is 25.3 Å². The Labute approximate surface area is 121 Å². The minimum atomic E-state index is -0.770. The number of nitrogens with zero attached hydrogens (tertiary/aromatic N) is 1. The second kappa shape index (κ2) is 6.67. The Kier molecular flexibility index (Phi) is 4.92. The molecule has 5 nitrogen and oxygen atoms in total. The van der Waals surface area contributed by atoms with Crippen molar-refractivity contribution in [3.63, 3.8) is 0 Å². The lowest BCUT2D eigenvalue weighted by molar-refractivity contribution is -0.143. The van der Waals surface area contributed by atoms with Gasteiger partial charge in [0.15, 0.2) is 0 Å². The number of rotatable bonds is 1. The molecular weight excluding hydrogens is 285 g/mol. The van der Waals surface area contributed by atoms with E-state index in [-0.39, 0.29) is 10.7 Å². The molecule has 1 aromatic carbocycles. The van der Waals surface area contributed by atoms with Gasteiger partial charge in [0.1, 0.15) is 5.82 Å². The van der Waals surface area contributed by atoms with E-state index < -0.39 is 17.6 Å². The van der Waals surface area contributed by atoms with Gasteiger partial charge in [0.2, 0.25) is 0 Å². The van der Waals surface area contributed by atoms with Gasteiger partial charge in [-0.1, -0.05) is 11.6 Å². The van der Waals surface area contributed by atoms with Gasteiger partial charge in [-0.3, -0.25) is 9.59 Å². The number of carbonyl (C=O) groups is 2. The SMILES string of the molecule is O=C(Nc1ccc(Cl)c(F)c1)C(=O)N1CCCNCC1. The van der Waals surface area contributed by atoms with Crippen LogP contribution < -0.4 is 10.6 Å². The molecule has 1 aliphatic heterocycles. The Morgan fingerprint density at radius 3 is 2.85 bits per heavy atom. The molecule has 0 bridgehead atoms. The Hall–Kier alpha value is -1.66. The van der Waals surface area contributed by atoms with Crippen molar-refractivity contribution >= 4 is 29.1 Å². The lowest BCUT2D eigenvalue weighted by atomic mass is 10.3. The molecule has 1 aliphatic rings. The second-order valence-corrected chi connectivity index (χ2v) is 4.89. The summed E-state index contributed by atoms with van der Waals surface area (Å²) in [6, 6.07) is 3.85. The normalized spacial score (nSPS) is 15.6. The summed E-state index contributed by atoms with van der Waals surface area (Å²) in [5.41, 5.74) is 0.207. The third-order valence-corrected chi connectivity index (χ3v) is 3.31. The summed E-state index contributed by atoms with van der Waals surface area (Å²) in [6.45, 7) is 2.51. The molecule has 7 heteroatoms. The molecule has 0 spiro atoms.